The number of anilines is 2. The van der Waals surface area contributed by atoms with Crippen molar-refractivity contribution in [3.63, 3.8) is 0 Å². The molecule has 1 aliphatic heterocycles. The molecule has 1 aliphatic carbocycles. The number of fused-ring (bicyclic) bond motifs is 2. The lowest BCUT2D eigenvalue weighted by molar-refractivity contribution is -0.137. The molecule has 2 atom stereocenters. The number of hydrogen-bond donors (Lipinski definition) is 2. The first kappa shape index (κ1) is 19.9. The summed E-state index contributed by atoms with van der Waals surface area (Å²) in [6.07, 6.45) is -1.10. The summed E-state index contributed by atoms with van der Waals surface area (Å²) < 4.78 is 43.0. The molecule has 2 aliphatic rings. The molecule has 0 saturated heterocycles. The lowest BCUT2D eigenvalue weighted by Gasteiger charge is -2.20. The predicted octanol–water partition coefficient (Wildman–Crippen LogP) is 5.32. The molecule has 5 rings (SSSR count). The largest absolute Gasteiger partial charge is 0.416 e. The Bertz CT molecular complexity index is 1180. The Labute approximate surface area is 177 Å². The second-order valence-corrected chi connectivity index (χ2v) is 8.63. The molecule has 2 heterocycles. The number of aromatic nitrogens is 2. The third-order valence-corrected chi connectivity index (χ3v) is 6.12. The third-order valence-electron chi connectivity index (χ3n) is 6.12. The Morgan fingerprint density at radius 1 is 1.16 bits per heavy atom. The molecule has 1 fully saturated rings. The zero-order valence-corrected chi connectivity index (χ0v) is 17.3. The highest BCUT2D eigenvalue weighted by Gasteiger charge is 2.34. The van der Waals surface area contributed by atoms with Gasteiger partial charge in [-0.25, -0.2) is 0 Å². The van der Waals surface area contributed by atoms with Gasteiger partial charge in [0, 0.05) is 30.0 Å². The molecule has 8 heteroatoms. The number of benzene rings is 2. The molecule has 2 aromatic carbocycles. The monoisotopic (exact) mass is 428 g/mol. The van der Waals surface area contributed by atoms with E-state index in [9.17, 15) is 18.0 Å². The minimum atomic E-state index is -4.50. The summed E-state index contributed by atoms with van der Waals surface area (Å²) in [7, 11) is 1.89. The Hall–Kier alpha value is -3.03. The van der Waals surface area contributed by atoms with E-state index in [1.165, 1.54) is 6.07 Å². The van der Waals surface area contributed by atoms with Crippen molar-refractivity contribution >= 4 is 28.6 Å². The van der Waals surface area contributed by atoms with Crippen LogP contribution in [0.15, 0.2) is 30.3 Å². The van der Waals surface area contributed by atoms with E-state index in [4.69, 9.17) is 0 Å². The molecular weight excluding hydrogens is 405 g/mol. The molecule has 162 valence electrons. The Kier molecular flexibility index (Phi) is 4.50. The quantitative estimate of drug-likeness (QED) is 0.555. The first-order chi connectivity index (χ1) is 14.7. The van der Waals surface area contributed by atoms with Gasteiger partial charge in [0.1, 0.15) is 6.29 Å². The maximum absolute atomic E-state index is 13.7. The lowest BCUT2D eigenvalue weighted by Crippen LogP contribution is -2.25. The standard InChI is InChI=1S/C23H23F3N4O/c1-12-7-16(11-31)28-19-10-15(23(24,25)26)9-17(22(19)27-12)14-5-6-20-18(8-14)21(13-3-4-13)29-30(20)2/h5-6,8-13,16,27-28H,3-4,7H2,1-2H3/t12-,16?/m1/s1. The topological polar surface area (TPSA) is 59.0 Å². The molecule has 0 bridgehead atoms. The van der Waals surface area contributed by atoms with Gasteiger partial charge in [-0.1, -0.05) is 6.07 Å². The van der Waals surface area contributed by atoms with E-state index in [1.807, 2.05) is 36.9 Å². The van der Waals surface area contributed by atoms with Crippen molar-refractivity contribution in [3.05, 3.63) is 41.6 Å². The maximum Gasteiger partial charge on any atom is 0.416 e. The number of nitrogens with zero attached hydrogens (tertiary/aromatic N) is 2. The van der Waals surface area contributed by atoms with Crippen molar-refractivity contribution in [2.75, 3.05) is 10.6 Å². The lowest BCUT2D eigenvalue weighted by atomic mass is 9.97. The molecule has 5 nitrogen and oxygen atoms in total. The fraction of sp³-hybridized carbons (Fsp3) is 0.391. The average molecular weight is 428 g/mol. The van der Waals surface area contributed by atoms with Crippen LogP contribution < -0.4 is 10.6 Å². The molecule has 0 radical (unpaired) electrons. The highest BCUT2D eigenvalue weighted by Crippen LogP contribution is 2.46. The zero-order chi connectivity index (χ0) is 21.9. The summed E-state index contributed by atoms with van der Waals surface area (Å²) in [6.45, 7) is 1.92. The zero-order valence-electron chi connectivity index (χ0n) is 17.3. The smallest absolute Gasteiger partial charge is 0.380 e. The second-order valence-electron chi connectivity index (χ2n) is 8.63. The number of aldehydes is 1. The van der Waals surface area contributed by atoms with Gasteiger partial charge in [0.25, 0.3) is 0 Å². The first-order valence-corrected chi connectivity index (χ1v) is 10.4. The molecule has 1 aromatic heterocycles. The van der Waals surface area contributed by atoms with Crippen LogP contribution in [0.4, 0.5) is 24.5 Å². The fourth-order valence-electron chi connectivity index (χ4n) is 4.46. The number of nitrogens with one attached hydrogen (secondary N) is 2. The Morgan fingerprint density at radius 2 is 1.94 bits per heavy atom. The molecule has 3 aromatic rings. The third kappa shape index (κ3) is 3.54. The van der Waals surface area contributed by atoms with Gasteiger partial charge in [0.2, 0.25) is 0 Å². The van der Waals surface area contributed by atoms with E-state index in [1.54, 1.807) is 0 Å². The highest BCUT2D eigenvalue weighted by atomic mass is 19.4. The fourth-order valence-corrected chi connectivity index (χ4v) is 4.46. The molecule has 1 unspecified atom stereocenters. The van der Waals surface area contributed by atoms with Gasteiger partial charge in [-0.15, -0.1) is 0 Å². The van der Waals surface area contributed by atoms with Gasteiger partial charge in [-0.3, -0.25) is 4.68 Å². The number of carbonyl (C=O) groups excluding carboxylic acids is 1. The minimum absolute atomic E-state index is 0.0800. The van der Waals surface area contributed by atoms with Gasteiger partial charge >= 0.3 is 6.18 Å². The molecule has 0 spiro atoms. The van der Waals surface area contributed by atoms with Gasteiger partial charge < -0.3 is 15.4 Å². The van der Waals surface area contributed by atoms with E-state index in [0.29, 0.717) is 34.8 Å². The van der Waals surface area contributed by atoms with E-state index in [2.05, 4.69) is 15.7 Å². The summed E-state index contributed by atoms with van der Waals surface area (Å²) in [6, 6.07) is 7.34. The number of carbonyl (C=O) groups is 1. The SMILES string of the molecule is C[C@@H]1CC(C=O)Nc2cc(C(F)(F)F)cc(-c3ccc4c(c3)c(C3CC3)nn4C)c2N1. The predicted molar refractivity (Wildman–Crippen MR) is 114 cm³/mol. The normalized spacial score (nSPS) is 21.2. The molecule has 0 amide bonds. The molecule has 2 N–H and O–H groups in total. The number of aryl methyl sites for hydroxylation is 1. The second kappa shape index (κ2) is 7.00. The van der Waals surface area contributed by atoms with E-state index < -0.39 is 17.8 Å². The van der Waals surface area contributed by atoms with Crippen molar-refractivity contribution in [2.45, 2.75) is 50.4 Å². The van der Waals surface area contributed by atoms with Crippen molar-refractivity contribution in [2.24, 2.45) is 7.05 Å². The van der Waals surface area contributed by atoms with Gasteiger partial charge in [0.05, 0.1) is 34.2 Å². The van der Waals surface area contributed by atoms with Crippen LogP contribution in [0.3, 0.4) is 0 Å². The van der Waals surface area contributed by atoms with Crippen LogP contribution in [0, 0.1) is 0 Å². The van der Waals surface area contributed by atoms with Crippen LogP contribution >= 0.6 is 0 Å². The summed E-state index contributed by atoms with van der Waals surface area (Å²) in [5, 5.41) is 12.0. The van der Waals surface area contributed by atoms with Crippen molar-refractivity contribution < 1.29 is 18.0 Å². The van der Waals surface area contributed by atoms with Crippen LogP contribution in [-0.2, 0) is 18.0 Å². The minimum Gasteiger partial charge on any atom is -0.380 e. The number of alkyl halides is 3. The van der Waals surface area contributed by atoms with E-state index in [0.717, 1.165) is 41.8 Å². The van der Waals surface area contributed by atoms with Crippen LogP contribution in [0.2, 0.25) is 0 Å². The first-order valence-electron chi connectivity index (χ1n) is 10.4. The number of halogens is 3. The van der Waals surface area contributed by atoms with Crippen LogP contribution in [-0.4, -0.2) is 28.2 Å². The summed E-state index contributed by atoms with van der Waals surface area (Å²) in [5.74, 6) is 0.422. The summed E-state index contributed by atoms with van der Waals surface area (Å²) in [4.78, 5) is 11.4. The maximum atomic E-state index is 13.7. The molecule has 1 saturated carbocycles. The summed E-state index contributed by atoms with van der Waals surface area (Å²) in [5.41, 5.74) is 3.26. The molecule has 31 heavy (non-hydrogen) atoms. The van der Waals surface area contributed by atoms with Gasteiger partial charge in [-0.2, -0.15) is 18.3 Å². The van der Waals surface area contributed by atoms with Gasteiger partial charge in [0.15, 0.2) is 0 Å². The van der Waals surface area contributed by atoms with E-state index in [-0.39, 0.29) is 6.04 Å². The van der Waals surface area contributed by atoms with Crippen LogP contribution in [0.5, 0.6) is 0 Å². The highest BCUT2D eigenvalue weighted by molar-refractivity contribution is 5.94. The van der Waals surface area contributed by atoms with Crippen molar-refractivity contribution in [1.29, 1.82) is 0 Å². The number of hydrogen-bond acceptors (Lipinski definition) is 4. The summed E-state index contributed by atoms with van der Waals surface area (Å²) >= 11 is 0. The van der Waals surface area contributed by atoms with Crippen LogP contribution in [0.1, 0.15) is 43.4 Å². The average Bonchev–Trinajstić information content (AvgIpc) is 3.52. The molecular formula is C23H23F3N4O. The van der Waals surface area contributed by atoms with Gasteiger partial charge in [-0.05, 0) is 56.0 Å². The Balaban J connectivity index is 1.73. The van der Waals surface area contributed by atoms with Crippen LogP contribution in [0.25, 0.3) is 22.0 Å². The van der Waals surface area contributed by atoms with Crippen molar-refractivity contribution in [1.82, 2.24) is 9.78 Å². The van der Waals surface area contributed by atoms with E-state index >= 15 is 0 Å². The van der Waals surface area contributed by atoms with Crippen molar-refractivity contribution in [3.8, 4) is 11.1 Å². The number of rotatable bonds is 3. The Morgan fingerprint density at radius 3 is 2.61 bits per heavy atom.